The van der Waals surface area contributed by atoms with Gasteiger partial charge in [-0.3, -0.25) is 4.79 Å². The molecule has 0 aromatic heterocycles. The van der Waals surface area contributed by atoms with Gasteiger partial charge in [-0.25, -0.2) is 0 Å². The zero-order valence-electron chi connectivity index (χ0n) is 16.3. The van der Waals surface area contributed by atoms with Crippen LogP contribution in [0.2, 0.25) is 0 Å². The summed E-state index contributed by atoms with van der Waals surface area (Å²) >= 11 is 0. The van der Waals surface area contributed by atoms with Crippen molar-refractivity contribution in [2.24, 2.45) is 23.5 Å². The summed E-state index contributed by atoms with van der Waals surface area (Å²) in [6, 6.07) is 8.71. The van der Waals surface area contributed by atoms with E-state index in [4.69, 9.17) is 10.5 Å². The number of ether oxygens (including phenoxy) is 1. The number of carbonyl (C=O) groups excluding carboxylic acids is 1. The number of amides is 1. The summed E-state index contributed by atoms with van der Waals surface area (Å²) < 4.78 is 5.46. The molecule has 2 atom stereocenters. The zero-order chi connectivity index (χ0) is 17.9. The Balaban J connectivity index is 0.00000140. The van der Waals surface area contributed by atoms with Crippen LogP contribution in [0.15, 0.2) is 24.3 Å². The Morgan fingerprint density at radius 3 is 2.43 bits per heavy atom. The molecule has 7 heteroatoms. The van der Waals surface area contributed by atoms with E-state index in [1.54, 1.807) is 0 Å². The molecule has 2 saturated carbocycles. The van der Waals surface area contributed by atoms with E-state index < -0.39 is 0 Å². The quantitative estimate of drug-likeness (QED) is 0.770. The van der Waals surface area contributed by atoms with Crippen molar-refractivity contribution in [2.75, 3.05) is 31.2 Å². The summed E-state index contributed by atoms with van der Waals surface area (Å²) in [6.07, 6.45) is 5.61. The number of carbonyl (C=O) groups is 1. The Morgan fingerprint density at radius 1 is 1.11 bits per heavy atom. The molecule has 2 unspecified atom stereocenters. The van der Waals surface area contributed by atoms with Gasteiger partial charge in [-0.05, 0) is 49.1 Å². The molecular formula is C21H33Cl2N3O2. The second kappa shape index (κ2) is 10.7. The minimum absolute atomic E-state index is 0. The summed E-state index contributed by atoms with van der Waals surface area (Å²) in [5.41, 5.74) is 8.78. The molecular weight excluding hydrogens is 397 g/mol. The molecule has 1 aliphatic heterocycles. The van der Waals surface area contributed by atoms with Crippen molar-refractivity contribution < 1.29 is 9.53 Å². The first-order chi connectivity index (χ1) is 12.7. The normalized spacial score (nSPS) is 29.2. The first-order valence-electron chi connectivity index (χ1n) is 10.2. The fraction of sp³-hybridized carbons (Fsp3) is 0.667. The molecule has 1 aromatic rings. The molecule has 0 spiro atoms. The molecule has 5 nitrogen and oxygen atoms in total. The number of nitrogens with two attached hydrogens (primary N) is 1. The van der Waals surface area contributed by atoms with Crippen molar-refractivity contribution in [2.45, 2.75) is 44.7 Å². The number of fused-ring (bicyclic) bond motifs is 2. The first kappa shape index (κ1) is 23.3. The predicted octanol–water partition coefficient (Wildman–Crippen LogP) is 3.14. The van der Waals surface area contributed by atoms with Crippen LogP contribution in [0.3, 0.4) is 0 Å². The van der Waals surface area contributed by atoms with Gasteiger partial charge in [0.25, 0.3) is 0 Å². The summed E-state index contributed by atoms with van der Waals surface area (Å²) in [5.74, 6) is 1.43. The molecule has 1 saturated heterocycles. The van der Waals surface area contributed by atoms with Crippen LogP contribution < -0.4 is 16.0 Å². The second-order valence-corrected chi connectivity index (χ2v) is 8.14. The van der Waals surface area contributed by atoms with Crippen LogP contribution in [0, 0.1) is 17.8 Å². The number of nitrogens with zero attached hydrogens (tertiary/aromatic N) is 1. The van der Waals surface area contributed by atoms with Crippen LogP contribution in [0.1, 0.15) is 37.7 Å². The molecule has 4 rings (SSSR count). The maximum absolute atomic E-state index is 12.8. The fourth-order valence-corrected chi connectivity index (χ4v) is 5.10. The second-order valence-electron chi connectivity index (χ2n) is 8.14. The van der Waals surface area contributed by atoms with E-state index in [0.29, 0.717) is 24.4 Å². The van der Waals surface area contributed by atoms with E-state index in [-0.39, 0.29) is 36.6 Å². The van der Waals surface area contributed by atoms with Crippen molar-refractivity contribution in [1.82, 2.24) is 5.32 Å². The van der Waals surface area contributed by atoms with Crippen LogP contribution in [0.25, 0.3) is 0 Å². The molecule has 3 N–H and O–H groups in total. The third-order valence-electron chi connectivity index (χ3n) is 6.58. The molecule has 1 aromatic carbocycles. The SMILES string of the molecule is Cl.Cl.NC1C2CCCC1CC(C(=O)NCc1ccccc1N1CCOCC1)C2. The molecule has 0 radical (unpaired) electrons. The van der Waals surface area contributed by atoms with E-state index in [1.807, 2.05) is 0 Å². The lowest BCUT2D eigenvalue weighted by atomic mass is 9.65. The molecule has 2 aliphatic carbocycles. The maximum atomic E-state index is 12.8. The third kappa shape index (κ3) is 5.12. The topological polar surface area (TPSA) is 67.6 Å². The van der Waals surface area contributed by atoms with Gasteiger partial charge < -0.3 is 20.7 Å². The van der Waals surface area contributed by atoms with E-state index in [1.165, 1.54) is 30.5 Å². The fourth-order valence-electron chi connectivity index (χ4n) is 5.10. The molecule has 3 fully saturated rings. The largest absolute Gasteiger partial charge is 0.378 e. The minimum atomic E-state index is 0. The Morgan fingerprint density at radius 2 is 1.75 bits per heavy atom. The van der Waals surface area contributed by atoms with Crippen molar-refractivity contribution in [3.63, 3.8) is 0 Å². The van der Waals surface area contributed by atoms with Crippen LogP contribution in [0.5, 0.6) is 0 Å². The van der Waals surface area contributed by atoms with Crippen LogP contribution >= 0.6 is 24.8 Å². The number of anilines is 1. The van der Waals surface area contributed by atoms with Gasteiger partial charge in [-0.1, -0.05) is 24.6 Å². The average molecular weight is 430 g/mol. The highest BCUT2D eigenvalue weighted by molar-refractivity contribution is 5.85. The number of para-hydroxylation sites is 1. The van der Waals surface area contributed by atoms with E-state index >= 15 is 0 Å². The van der Waals surface area contributed by atoms with Crippen LogP contribution in [0.4, 0.5) is 5.69 Å². The Bertz CT molecular complexity index is 626. The van der Waals surface area contributed by atoms with Crippen molar-refractivity contribution in [1.29, 1.82) is 0 Å². The van der Waals surface area contributed by atoms with Gasteiger partial charge >= 0.3 is 0 Å². The number of benzene rings is 1. The lowest BCUT2D eigenvalue weighted by molar-refractivity contribution is -0.128. The van der Waals surface area contributed by atoms with Gasteiger partial charge in [0, 0.05) is 37.3 Å². The third-order valence-corrected chi connectivity index (χ3v) is 6.58. The monoisotopic (exact) mass is 429 g/mol. The molecule has 28 heavy (non-hydrogen) atoms. The zero-order valence-corrected chi connectivity index (χ0v) is 18.0. The van der Waals surface area contributed by atoms with Crippen molar-refractivity contribution in [3.05, 3.63) is 29.8 Å². The Hall–Kier alpha value is -1.01. The van der Waals surface area contributed by atoms with E-state index in [2.05, 4.69) is 34.5 Å². The number of hydrogen-bond donors (Lipinski definition) is 2. The van der Waals surface area contributed by atoms with E-state index in [0.717, 1.165) is 39.1 Å². The van der Waals surface area contributed by atoms with Crippen molar-refractivity contribution in [3.8, 4) is 0 Å². The Labute approximate surface area is 180 Å². The van der Waals surface area contributed by atoms with Crippen LogP contribution in [-0.4, -0.2) is 38.3 Å². The highest BCUT2D eigenvalue weighted by Gasteiger charge is 2.40. The van der Waals surface area contributed by atoms with Gasteiger partial charge in [0.2, 0.25) is 5.91 Å². The molecule has 3 aliphatic rings. The van der Waals surface area contributed by atoms with Gasteiger partial charge in [-0.2, -0.15) is 0 Å². The van der Waals surface area contributed by atoms with Gasteiger partial charge in [0.05, 0.1) is 13.2 Å². The number of halogens is 2. The number of rotatable bonds is 4. The standard InChI is InChI=1S/C21H31N3O2.2ClH/c22-20-15-5-3-6-16(20)13-18(12-15)21(25)23-14-17-4-1-2-7-19(17)24-8-10-26-11-9-24;;/h1-2,4,7,15-16,18,20H,3,5-6,8-14,22H2,(H,23,25);2*1H. The Kier molecular flexibility index (Phi) is 8.87. The van der Waals surface area contributed by atoms with Crippen LogP contribution in [-0.2, 0) is 16.1 Å². The molecule has 1 amide bonds. The number of morpholine rings is 1. The van der Waals surface area contributed by atoms with Gasteiger partial charge in [0.15, 0.2) is 0 Å². The summed E-state index contributed by atoms with van der Waals surface area (Å²) in [4.78, 5) is 15.2. The summed E-state index contributed by atoms with van der Waals surface area (Å²) in [7, 11) is 0. The summed E-state index contributed by atoms with van der Waals surface area (Å²) in [5, 5.41) is 3.21. The molecule has 2 bridgehead atoms. The summed E-state index contributed by atoms with van der Waals surface area (Å²) in [6.45, 7) is 3.96. The number of hydrogen-bond acceptors (Lipinski definition) is 4. The average Bonchev–Trinajstić information content (AvgIpc) is 2.67. The minimum Gasteiger partial charge on any atom is -0.378 e. The lowest BCUT2D eigenvalue weighted by Gasteiger charge is -2.43. The van der Waals surface area contributed by atoms with Gasteiger partial charge in [-0.15, -0.1) is 24.8 Å². The van der Waals surface area contributed by atoms with E-state index in [9.17, 15) is 4.79 Å². The number of nitrogens with one attached hydrogen (secondary N) is 1. The highest BCUT2D eigenvalue weighted by Crippen LogP contribution is 2.41. The van der Waals surface area contributed by atoms with Gasteiger partial charge in [0.1, 0.15) is 0 Å². The molecule has 158 valence electrons. The molecule has 1 heterocycles. The smallest absolute Gasteiger partial charge is 0.223 e. The first-order valence-corrected chi connectivity index (χ1v) is 10.2. The highest BCUT2D eigenvalue weighted by atomic mass is 35.5. The maximum Gasteiger partial charge on any atom is 0.223 e. The van der Waals surface area contributed by atoms with Crippen molar-refractivity contribution >= 4 is 36.4 Å². The lowest BCUT2D eigenvalue weighted by Crippen LogP contribution is -2.49. The predicted molar refractivity (Wildman–Crippen MR) is 117 cm³/mol.